The predicted molar refractivity (Wildman–Crippen MR) is 99.0 cm³/mol. The summed E-state index contributed by atoms with van der Waals surface area (Å²) in [4.78, 5) is 17.9. The molecular weight excluding hydrogens is 351 g/mol. The number of thiophene rings is 1. The molecule has 130 valence electrons. The van der Waals surface area contributed by atoms with Crippen LogP contribution < -0.4 is 5.32 Å². The van der Waals surface area contributed by atoms with E-state index in [1.807, 2.05) is 25.1 Å². The monoisotopic (exact) mass is 366 g/mol. The molecule has 1 aromatic carbocycles. The first-order valence-electron chi connectivity index (χ1n) is 8.04. The average Bonchev–Trinajstić information content (AvgIpc) is 3.22. The zero-order valence-corrected chi connectivity index (χ0v) is 14.8. The molecule has 7 heteroatoms. The second-order valence-electron chi connectivity index (χ2n) is 5.84. The number of fused-ring (bicyclic) bond motifs is 1. The number of aromatic nitrogens is 3. The van der Waals surface area contributed by atoms with Gasteiger partial charge in [-0.1, -0.05) is 0 Å². The fraction of sp³-hybridized carbons (Fsp3) is 0.105. The van der Waals surface area contributed by atoms with Gasteiger partial charge in [-0.2, -0.15) is 5.10 Å². The van der Waals surface area contributed by atoms with Crippen molar-refractivity contribution in [2.45, 2.75) is 13.5 Å². The van der Waals surface area contributed by atoms with Crippen LogP contribution in [0.1, 0.15) is 20.9 Å². The first-order valence-corrected chi connectivity index (χ1v) is 8.85. The van der Waals surface area contributed by atoms with Crippen LogP contribution in [0.4, 0.5) is 4.39 Å². The molecule has 0 radical (unpaired) electrons. The molecule has 3 aromatic heterocycles. The molecule has 5 nitrogen and oxygen atoms in total. The number of carbonyl (C=O) groups excluding carboxylic acids is 1. The van der Waals surface area contributed by atoms with Gasteiger partial charge in [0.1, 0.15) is 10.6 Å². The first-order chi connectivity index (χ1) is 12.6. The maximum Gasteiger partial charge on any atom is 0.261 e. The summed E-state index contributed by atoms with van der Waals surface area (Å²) < 4.78 is 14.9. The minimum Gasteiger partial charge on any atom is -0.347 e. The van der Waals surface area contributed by atoms with Crippen molar-refractivity contribution in [1.82, 2.24) is 20.1 Å². The fourth-order valence-corrected chi connectivity index (χ4v) is 3.79. The quantitative estimate of drug-likeness (QED) is 0.597. The van der Waals surface area contributed by atoms with Gasteiger partial charge in [0.25, 0.3) is 5.91 Å². The molecule has 3 heterocycles. The highest BCUT2D eigenvalue weighted by Gasteiger charge is 2.17. The van der Waals surface area contributed by atoms with Crippen molar-refractivity contribution in [3.8, 4) is 5.69 Å². The third-order valence-electron chi connectivity index (χ3n) is 4.04. The van der Waals surface area contributed by atoms with Gasteiger partial charge in [-0.3, -0.25) is 9.78 Å². The van der Waals surface area contributed by atoms with Gasteiger partial charge in [0.2, 0.25) is 0 Å². The van der Waals surface area contributed by atoms with E-state index in [1.54, 1.807) is 29.2 Å². The van der Waals surface area contributed by atoms with E-state index < -0.39 is 0 Å². The fourth-order valence-electron chi connectivity index (χ4n) is 2.69. The molecule has 4 rings (SSSR count). The number of halogens is 1. The number of hydrogen-bond donors (Lipinski definition) is 1. The van der Waals surface area contributed by atoms with Crippen molar-refractivity contribution < 1.29 is 9.18 Å². The molecule has 0 bridgehead atoms. The van der Waals surface area contributed by atoms with Crippen molar-refractivity contribution >= 4 is 27.5 Å². The Hall–Kier alpha value is -3.06. The minimum atomic E-state index is -0.295. The van der Waals surface area contributed by atoms with Gasteiger partial charge in [0.05, 0.1) is 16.3 Å². The average molecular weight is 366 g/mol. The van der Waals surface area contributed by atoms with Gasteiger partial charge in [-0.05, 0) is 55.0 Å². The molecule has 0 fully saturated rings. The number of aryl methyl sites for hydroxylation is 1. The minimum absolute atomic E-state index is 0.131. The molecule has 1 N–H and O–H groups in total. The highest BCUT2D eigenvalue weighted by molar-refractivity contribution is 7.20. The number of nitrogens with one attached hydrogen (secondary N) is 1. The van der Waals surface area contributed by atoms with E-state index in [4.69, 9.17) is 0 Å². The molecule has 0 saturated heterocycles. The van der Waals surface area contributed by atoms with Crippen molar-refractivity contribution in [1.29, 1.82) is 0 Å². The number of nitrogens with zero attached hydrogens (tertiary/aromatic N) is 3. The van der Waals surface area contributed by atoms with Crippen molar-refractivity contribution in [2.24, 2.45) is 0 Å². The Labute approximate surface area is 153 Å². The van der Waals surface area contributed by atoms with Crippen LogP contribution in [0.15, 0.2) is 54.9 Å². The number of benzene rings is 1. The summed E-state index contributed by atoms with van der Waals surface area (Å²) in [5.41, 5.74) is 2.58. The summed E-state index contributed by atoms with van der Waals surface area (Å²) in [6.07, 6.45) is 3.39. The maximum atomic E-state index is 13.2. The summed E-state index contributed by atoms with van der Waals surface area (Å²) in [6, 6.07) is 11.7. The topological polar surface area (TPSA) is 59.8 Å². The van der Waals surface area contributed by atoms with Crippen LogP contribution in [0.25, 0.3) is 15.9 Å². The Morgan fingerprint density at radius 3 is 2.65 bits per heavy atom. The van der Waals surface area contributed by atoms with Crippen LogP contribution in [-0.2, 0) is 6.54 Å². The lowest BCUT2D eigenvalue weighted by Crippen LogP contribution is -2.21. The van der Waals surface area contributed by atoms with Gasteiger partial charge in [0.15, 0.2) is 0 Å². The predicted octanol–water partition coefficient (Wildman–Crippen LogP) is 3.86. The van der Waals surface area contributed by atoms with Gasteiger partial charge >= 0.3 is 0 Å². The zero-order valence-electron chi connectivity index (χ0n) is 13.9. The lowest BCUT2D eigenvalue weighted by Gasteiger charge is -2.03. The third-order valence-corrected chi connectivity index (χ3v) is 5.15. The molecule has 0 aliphatic rings. The second kappa shape index (κ2) is 6.68. The Bertz CT molecular complexity index is 1070. The van der Waals surface area contributed by atoms with Gasteiger partial charge in [-0.15, -0.1) is 11.3 Å². The summed E-state index contributed by atoms with van der Waals surface area (Å²) in [6.45, 7) is 2.34. The molecular formula is C19H15FN4OS. The van der Waals surface area contributed by atoms with Crippen LogP contribution in [0.3, 0.4) is 0 Å². The zero-order chi connectivity index (χ0) is 18.1. The maximum absolute atomic E-state index is 13.2. The Morgan fingerprint density at radius 1 is 1.19 bits per heavy atom. The van der Waals surface area contributed by atoms with Crippen molar-refractivity contribution in [2.75, 3.05) is 0 Å². The summed E-state index contributed by atoms with van der Waals surface area (Å²) in [5.74, 6) is -0.427. The van der Waals surface area contributed by atoms with E-state index in [0.717, 1.165) is 27.2 Å². The molecule has 1 amide bonds. The lowest BCUT2D eigenvalue weighted by atomic mass is 10.2. The van der Waals surface area contributed by atoms with Crippen LogP contribution in [0.5, 0.6) is 0 Å². The standard InChI is InChI=1S/C19H15FN4OS/c1-12-16-10-17(18(25)22-11-13-6-8-21-9-7-13)26-19(16)24(23-12)15-4-2-14(20)3-5-15/h2-10H,11H2,1H3,(H,22,25). The Morgan fingerprint density at radius 2 is 1.92 bits per heavy atom. The van der Waals surface area contributed by atoms with Gasteiger partial charge < -0.3 is 5.32 Å². The van der Waals surface area contributed by atoms with Crippen molar-refractivity contribution in [3.63, 3.8) is 0 Å². The molecule has 0 saturated carbocycles. The molecule has 0 aliphatic carbocycles. The first kappa shape index (κ1) is 16.4. The number of pyridine rings is 1. The molecule has 0 unspecified atom stereocenters. The summed E-state index contributed by atoms with van der Waals surface area (Å²) in [7, 11) is 0. The smallest absolute Gasteiger partial charge is 0.261 e. The second-order valence-corrected chi connectivity index (χ2v) is 6.87. The summed E-state index contributed by atoms with van der Waals surface area (Å²) >= 11 is 1.37. The Balaban J connectivity index is 1.62. The number of rotatable bonds is 4. The van der Waals surface area contributed by atoms with E-state index >= 15 is 0 Å². The third kappa shape index (κ3) is 3.09. The van der Waals surface area contributed by atoms with E-state index in [1.165, 1.54) is 23.5 Å². The Kier molecular flexibility index (Phi) is 4.22. The number of hydrogen-bond acceptors (Lipinski definition) is 4. The molecule has 0 spiro atoms. The highest BCUT2D eigenvalue weighted by atomic mass is 32.1. The van der Waals surface area contributed by atoms with E-state index in [2.05, 4.69) is 15.4 Å². The number of amides is 1. The SMILES string of the molecule is Cc1nn(-c2ccc(F)cc2)c2sc(C(=O)NCc3ccncc3)cc12. The largest absolute Gasteiger partial charge is 0.347 e. The summed E-state index contributed by atoms with van der Waals surface area (Å²) in [5, 5.41) is 8.35. The van der Waals surface area contributed by atoms with Crippen LogP contribution in [0.2, 0.25) is 0 Å². The molecule has 0 aliphatic heterocycles. The van der Waals surface area contributed by atoms with E-state index in [0.29, 0.717) is 11.4 Å². The number of carbonyl (C=O) groups is 1. The molecule has 0 atom stereocenters. The molecule has 26 heavy (non-hydrogen) atoms. The van der Waals surface area contributed by atoms with E-state index in [-0.39, 0.29) is 11.7 Å². The normalized spacial score (nSPS) is 11.0. The highest BCUT2D eigenvalue weighted by Crippen LogP contribution is 2.30. The molecule has 4 aromatic rings. The van der Waals surface area contributed by atoms with Crippen LogP contribution >= 0.6 is 11.3 Å². The van der Waals surface area contributed by atoms with Crippen LogP contribution in [0, 0.1) is 12.7 Å². The van der Waals surface area contributed by atoms with Crippen LogP contribution in [-0.4, -0.2) is 20.7 Å². The lowest BCUT2D eigenvalue weighted by molar-refractivity contribution is 0.0955. The van der Waals surface area contributed by atoms with E-state index in [9.17, 15) is 9.18 Å². The van der Waals surface area contributed by atoms with Crippen molar-refractivity contribution in [3.05, 3.63) is 76.8 Å². The van der Waals surface area contributed by atoms with Gasteiger partial charge in [-0.25, -0.2) is 9.07 Å². The van der Waals surface area contributed by atoms with Gasteiger partial charge in [0, 0.05) is 24.3 Å².